The summed E-state index contributed by atoms with van der Waals surface area (Å²) < 4.78 is 10.6. The van der Waals surface area contributed by atoms with Crippen LogP contribution in [-0.2, 0) is 24.4 Å². The summed E-state index contributed by atoms with van der Waals surface area (Å²) in [4.78, 5) is 28.9. The number of nitrogens with one attached hydrogen (secondary N) is 2. The van der Waals surface area contributed by atoms with E-state index in [4.69, 9.17) is 14.7 Å². The van der Waals surface area contributed by atoms with E-state index in [1.807, 2.05) is 54.6 Å². The molecular formula is C36H42N4O4. The third-order valence-electron chi connectivity index (χ3n) is 9.38. The molecule has 1 heterocycles. The normalized spacial score (nSPS) is 16.6. The highest BCUT2D eigenvalue weighted by Gasteiger charge is 2.47. The van der Waals surface area contributed by atoms with Crippen molar-refractivity contribution in [1.29, 1.82) is 5.26 Å². The molecule has 1 saturated heterocycles. The van der Waals surface area contributed by atoms with E-state index in [2.05, 4.69) is 21.6 Å². The first-order valence-electron chi connectivity index (χ1n) is 15.5. The molecule has 44 heavy (non-hydrogen) atoms. The quantitative estimate of drug-likeness (QED) is 0.300. The van der Waals surface area contributed by atoms with E-state index in [0.29, 0.717) is 41.6 Å². The molecular weight excluding hydrogens is 552 g/mol. The van der Waals surface area contributed by atoms with E-state index in [-0.39, 0.29) is 17.2 Å². The summed E-state index contributed by atoms with van der Waals surface area (Å²) >= 11 is 0. The van der Waals surface area contributed by atoms with Gasteiger partial charge >= 0.3 is 0 Å². The van der Waals surface area contributed by atoms with E-state index in [9.17, 15) is 9.59 Å². The number of nitrogens with zero attached hydrogens (tertiary/aromatic N) is 2. The predicted octanol–water partition coefficient (Wildman–Crippen LogP) is 5.59. The molecule has 3 aromatic carbocycles. The molecule has 0 atom stereocenters. The second kappa shape index (κ2) is 14.4. The fourth-order valence-electron chi connectivity index (χ4n) is 6.82. The third kappa shape index (κ3) is 7.23. The van der Waals surface area contributed by atoms with Gasteiger partial charge in [-0.25, -0.2) is 0 Å². The fourth-order valence-corrected chi connectivity index (χ4v) is 6.82. The zero-order valence-corrected chi connectivity index (χ0v) is 25.7. The molecule has 2 N–H and O–H groups in total. The summed E-state index contributed by atoms with van der Waals surface area (Å²) in [6.07, 6.45) is 6.17. The summed E-state index contributed by atoms with van der Waals surface area (Å²) in [6, 6.07) is 23.0. The van der Waals surface area contributed by atoms with Gasteiger partial charge in [-0.3, -0.25) is 14.5 Å². The molecule has 3 aromatic rings. The number of ether oxygens (including phenoxy) is 2. The van der Waals surface area contributed by atoms with Crippen LogP contribution in [0, 0.1) is 22.7 Å². The molecule has 5 rings (SSSR count). The van der Waals surface area contributed by atoms with Crippen LogP contribution in [0.2, 0.25) is 0 Å². The van der Waals surface area contributed by atoms with Crippen molar-refractivity contribution in [3.05, 3.63) is 94.5 Å². The van der Waals surface area contributed by atoms with Crippen LogP contribution in [0.1, 0.15) is 71.1 Å². The van der Waals surface area contributed by atoms with Gasteiger partial charge in [-0.15, -0.1) is 0 Å². The van der Waals surface area contributed by atoms with Crippen molar-refractivity contribution >= 4 is 11.8 Å². The number of piperidine rings is 1. The minimum absolute atomic E-state index is 0.161. The van der Waals surface area contributed by atoms with Crippen LogP contribution < -0.4 is 20.1 Å². The average molecular weight is 595 g/mol. The number of likely N-dealkylation sites (tertiary alicyclic amines) is 1. The Balaban J connectivity index is 1.11. The molecule has 1 aliphatic heterocycles. The van der Waals surface area contributed by atoms with Crippen molar-refractivity contribution in [2.24, 2.45) is 11.3 Å². The number of carbonyl (C=O) groups is 2. The molecule has 0 unspecified atom stereocenters. The van der Waals surface area contributed by atoms with Gasteiger partial charge < -0.3 is 20.1 Å². The van der Waals surface area contributed by atoms with Crippen LogP contribution >= 0.6 is 0 Å². The second-order valence-electron chi connectivity index (χ2n) is 12.0. The van der Waals surface area contributed by atoms with Gasteiger partial charge in [0, 0.05) is 25.2 Å². The highest BCUT2D eigenvalue weighted by molar-refractivity contribution is 5.94. The molecule has 8 heteroatoms. The molecule has 0 radical (unpaired) electrons. The van der Waals surface area contributed by atoms with Gasteiger partial charge in [-0.05, 0) is 97.8 Å². The zero-order chi connectivity index (χ0) is 30.9. The maximum atomic E-state index is 13.7. The van der Waals surface area contributed by atoms with Crippen molar-refractivity contribution in [2.45, 2.75) is 58.2 Å². The van der Waals surface area contributed by atoms with E-state index in [0.717, 1.165) is 69.3 Å². The Morgan fingerprint density at radius 1 is 0.841 bits per heavy atom. The Morgan fingerprint density at radius 2 is 1.45 bits per heavy atom. The topological polar surface area (TPSA) is 104 Å². The van der Waals surface area contributed by atoms with Gasteiger partial charge in [0.15, 0.2) is 11.5 Å². The third-order valence-corrected chi connectivity index (χ3v) is 9.38. The maximum Gasteiger partial charge on any atom is 0.251 e. The van der Waals surface area contributed by atoms with E-state index in [1.165, 1.54) is 5.56 Å². The Kier molecular flexibility index (Phi) is 10.2. The SMILES string of the molecule is COc1ccc(CNC(=O)c2ccc(CNC(=O)C3(C4CCN(Cc5ccc(C#N)cc5)CC4)CCCC3)cc2)cc1OC. The number of rotatable bonds is 11. The molecule has 230 valence electrons. The smallest absolute Gasteiger partial charge is 0.251 e. The lowest BCUT2D eigenvalue weighted by atomic mass is 9.69. The number of benzene rings is 3. The lowest BCUT2D eigenvalue weighted by Gasteiger charge is -2.42. The monoisotopic (exact) mass is 594 g/mol. The van der Waals surface area contributed by atoms with Crippen LogP contribution in [0.3, 0.4) is 0 Å². The molecule has 2 aliphatic rings. The van der Waals surface area contributed by atoms with Gasteiger partial charge in [-0.2, -0.15) is 5.26 Å². The van der Waals surface area contributed by atoms with E-state index in [1.54, 1.807) is 26.4 Å². The van der Waals surface area contributed by atoms with Crippen LogP contribution in [-0.4, -0.2) is 44.0 Å². The molecule has 8 nitrogen and oxygen atoms in total. The number of hydrogen-bond acceptors (Lipinski definition) is 6. The van der Waals surface area contributed by atoms with Gasteiger partial charge in [0.2, 0.25) is 5.91 Å². The number of carbonyl (C=O) groups excluding carboxylic acids is 2. The molecule has 1 saturated carbocycles. The number of methoxy groups -OCH3 is 2. The van der Waals surface area contributed by atoms with Crippen LogP contribution in [0.15, 0.2) is 66.7 Å². The summed E-state index contributed by atoms with van der Waals surface area (Å²) in [5, 5.41) is 15.3. The first-order chi connectivity index (χ1) is 21.4. The second-order valence-corrected chi connectivity index (χ2v) is 12.0. The van der Waals surface area contributed by atoms with Crippen molar-refractivity contribution in [2.75, 3.05) is 27.3 Å². The molecule has 0 bridgehead atoms. The Morgan fingerprint density at radius 3 is 2.09 bits per heavy atom. The number of nitriles is 1. The van der Waals surface area contributed by atoms with Crippen LogP contribution in [0.4, 0.5) is 0 Å². The number of amides is 2. The first-order valence-corrected chi connectivity index (χ1v) is 15.5. The predicted molar refractivity (Wildman–Crippen MR) is 169 cm³/mol. The van der Waals surface area contributed by atoms with E-state index >= 15 is 0 Å². The minimum Gasteiger partial charge on any atom is -0.493 e. The van der Waals surface area contributed by atoms with Gasteiger partial charge in [-0.1, -0.05) is 43.2 Å². The molecule has 2 amide bonds. The maximum absolute atomic E-state index is 13.7. The molecule has 0 spiro atoms. The summed E-state index contributed by atoms with van der Waals surface area (Å²) in [6.45, 7) is 3.66. The number of hydrogen-bond donors (Lipinski definition) is 2. The highest BCUT2D eigenvalue weighted by atomic mass is 16.5. The van der Waals surface area contributed by atoms with Crippen molar-refractivity contribution in [3.63, 3.8) is 0 Å². The lowest BCUT2D eigenvalue weighted by molar-refractivity contribution is -0.135. The van der Waals surface area contributed by atoms with Crippen LogP contribution in [0.25, 0.3) is 0 Å². The van der Waals surface area contributed by atoms with Gasteiger partial charge in [0.1, 0.15) is 0 Å². The van der Waals surface area contributed by atoms with Gasteiger partial charge in [0.25, 0.3) is 5.91 Å². The summed E-state index contributed by atoms with van der Waals surface area (Å²) in [5.41, 5.74) is 4.07. The Hall–Kier alpha value is -4.35. The standard InChI is InChI=1S/C36H42N4O4/c1-43-32-14-11-29(21-33(32)44-2)24-38-34(41)30-12-9-27(10-13-30)23-39-35(42)36(17-3-4-18-36)31-15-19-40(20-16-31)25-28-7-5-26(22-37)6-8-28/h5-14,21,31H,3-4,15-20,23-25H2,1-2H3,(H,38,41)(H,39,42). The van der Waals surface area contributed by atoms with Gasteiger partial charge in [0.05, 0.1) is 31.3 Å². The Labute approximate surface area is 260 Å². The van der Waals surface area contributed by atoms with Crippen molar-refractivity contribution in [3.8, 4) is 17.6 Å². The lowest BCUT2D eigenvalue weighted by Crippen LogP contribution is -2.48. The fraction of sp³-hybridized carbons (Fsp3) is 0.417. The molecule has 2 fully saturated rings. The first kappa shape index (κ1) is 31.1. The molecule has 1 aliphatic carbocycles. The summed E-state index contributed by atoms with van der Waals surface area (Å²) in [7, 11) is 3.18. The summed E-state index contributed by atoms with van der Waals surface area (Å²) in [5.74, 6) is 1.67. The van der Waals surface area contributed by atoms with E-state index < -0.39 is 0 Å². The van der Waals surface area contributed by atoms with Crippen molar-refractivity contribution in [1.82, 2.24) is 15.5 Å². The zero-order valence-electron chi connectivity index (χ0n) is 25.7. The molecule has 0 aromatic heterocycles. The largest absolute Gasteiger partial charge is 0.493 e. The Bertz CT molecular complexity index is 1470. The van der Waals surface area contributed by atoms with Crippen molar-refractivity contribution < 1.29 is 19.1 Å². The highest BCUT2D eigenvalue weighted by Crippen LogP contribution is 2.48. The minimum atomic E-state index is -0.287. The van der Waals surface area contributed by atoms with Crippen LogP contribution in [0.5, 0.6) is 11.5 Å². The average Bonchev–Trinajstić information content (AvgIpc) is 3.58.